The van der Waals surface area contributed by atoms with E-state index in [0.29, 0.717) is 5.75 Å². The van der Waals surface area contributed by atoms with Gasteiger partial charge in [-0.15, -0.1) is 0 Å². The summed E-state index contributed by atoms with van der Waals surface area (Å²) >= 11 is 4.36. The SMILES string of the molecule is O=C1OC(c2ccc3ccccc3c2)=N/C1=C\c1cc(I)c(OCc2ccc([N+](=O)[O-])cc2)c(I)c1. The third kappa shape index (κ3) is 5.26. The molecule has 0 amide bonds. The first-order valence-electron chi connectivity index (χ1n) is 10.7. The number of benzene rings is 4. The lowest BCUT2D eigenvalue weighted by atomic mass is 10.1. The van der Waals surface area contributed by atoms with Gasteiger partial charge in [0.1, 0.15) is 12.4 Å². The minimum atomic E-state index is -0.498. The molecule has 0 spiro atoms. The van der Waals surface area contributed by atoms with Crippen LogP contribution in [-0.4, -0.2) is 16.8 Å². The number of ether oxygens (including phenoxy) is 2. The first kappa shape index (κ1) is 24.4. The second kappa shape index (κ2) is 10.3. The summed E-state index contributed by atoms with van der Waals surface area (Å²) in [7, 11) is 0. The Balaban J connectivity index is 1.35. The van der Waals surface area contributed by atoms with Crippen molar-refractivity contribution < 1.29 is 19.2 Å². The van der Waals surface area contributed by atoms with Gasteiger partial charge in [0.05, 0.1) is 12.1 Å². The van der Waals surface area contributed by atoms with Crippen molar-refractivity contribution in [2.24, 2.45) is 4.99 Å². The van der Waals surface area contributed by atoms with Crippen molar-refractivity contribution in [2.45, 2.75) is 6.61 Å². The maximum Gasteiger partial charge on any atom is 0.363 e. The number of carbonyl (C=O) groups excluding carboxylic acids is 1. The zero-order valence-corrected chi connectivity index (χ0v) is 22.8. The maximum absolute atomic E-state index is 12.5. The van der Waals surface area contributed by atoms with E-state index in [1.54, 1.807) is 18.2 Å². The summed E-state index contributed by atoms with van der Waals surface area (Å²) in [5.41, 5.74) is 2.62. The topological polar surface area (TPSA) is 91.0 Å². The predicted molar refractivity (Wildman–Crippen MR) is 154 cm³/mol. The Morgan fingerprint density at radius 1 is 0.944 bits per heavy atom. The maximum atomic E-state index is 12.5. The molecule has 4 aromatic rings. The molecule has 178 valence electrons. The Bertz CT molecular complexity index is 1560. The summed E-state index contributed by atoms with van der Waals surface area (Å²) in [6.07, 6.45) is 1.70. The number of rotatable bonds is 6. The average molecular weight is 702 g/mol. The van der Waals surface area contributed by atoms with E-state index < -0.39 is 10.9 Å². The number of esters is 1. The third-order valence-electron chi connectivity index (χ3n) is 5.47. The highest BCUT2D eigenvalue weighted by Gasteiger charge is 2.24. The number of aliphatic imine (C=N–C) groups is 1. The molecule has 0 bridgehead atoms. The van der Waals surface area contributed by atoms with Gasteiger partial charge in [0, 0.05) is 17.7 Å². The van der Waals surface area contributed by atoms with Crippen LogP contribution in [0.15, 0.2) is 89.6 Å². The van der Waals surface area contributed by atoms with E-state index in [-0.39, 0.29) is 23.9 Å². The zero-order valence-electron chi connectivity index (χ0n) is 18.5. The van der Waals surface area contributed by atoms with Gasteiger partial charge in [-0.3, -0.25) is 10.1 Å². The van der Waals surface area contributed by atoms with Crippen LogP contribution in [-0.2, 0) is 16.1 Å². The highest BCUT2D eigenvalue weighted by atomic mass is 127. The smallest absolute Gasteiger partial charge is 0.363 e. The monoisotopic (exact) mass is 702 g/mol. The van der Waals surface area contributed by atoms with E-state index in [4.69, 9.17) is 9.47 Å². The van der Waals surface area contributed by atoms with Crippen LogP contribution in [0.2, 0.25) is 0 Å². The first-order valence-corrected chi connectivity index (χ1v) is 12.9. The van der Waals surface area contributed by atoms with Crippen molar-refractivity contribution in [2.75, 3.05) is 0 Å². The molecule has 0 saturated heterocycles. The molecule has 0 saturated carbocycles. The van der Waals surface area contributed by atoms with Crippen LogP contribution in [0.3, 0.4) is 0 Å². The molecule has 9 heteroatoms. The Hall–Kier alpha value is -3.32. The van der Waals surface area contributed by atoms with Gasteiger partial charge in [-0.2, -0.15) is 0 Å². The lowest BCUT2D eigenvalue weighted by Crippen LogP contribution is -2.05. The predicted octanol–water partition coefficient (Wildman–Crippen LogP) is 6.88. The van der Waals surface area contributed by atoms with Gasteiger partial charge < -0.3 is 9.47 Å². The number of cyclic esters (lactones) is 1. The molecule has 0 atom stereocenters. The van der Waals surface area contributed by atoms with Gasteiger partial charge in [0.25, 0.3) is 5.69 Å². The normalized spacial score (nSPS) is 14.1. The minimum absolute atomic E-state index is 0.0390. The number of nitrogens with zero attached hydrogens (tertiary/aromatic N) is 2. The lowest BCUT2D eigenvalue weighted by molar-refractivity contribution is -0.384. The zero-order chi connectivity index (χ0) is 25.2. The fourth-order valence-electron chi connectivity index (χ4n) is 3.68. The molecule has 7 nitrogen and oxygen atoms in total. The van der Waals surface area contributed by atoms with E-state index in [9.17, 15) is 14.9 Å². The van der Waals surface area contributed by atoms with Crippen molar-refractivity contribution in [1.82, 2.24) is 0 Å². The summed E-state index contributed by atoms with van der Waals surface area (Å²) in [6.45, 7) is 0.274. The molecule has 0 aromatic heterocycles. The van der Waals surface area contributed by atoms with Crippen LogP contribution in [0.5, 0.6) is 5.75 Å². The quantitative estimate of drug-likeness (QED) is 0.0719. The Morgan fingerprint density at radius 3 is 2.33 bits per heavy atom. The van der Waals surface area contributed by atoms with Crippen LogP contribution in [0.25, 0.3) is 16.8 Å². The standard InChI is InChI=1S/C27H16I2N2O5/c28-22-11-17(12-23(29)25(22)35-15-16-5-9-21(10-6-16)31(33)34)13-24-27(32)36-26(30-24)20-8-7-18-3-1-2-4-19(18)14-20/h1-14H,15H2/b24-13-. The minimum Gasteiger partial charge on any atom is -0.487 e. The summed E-state index contributed by atoms with van der Waals surface area (Å²) in [4.78, 5) is 27.3. The van der Waals surface area contributed by atoms with E-state index in [2.05, 4.69) is 50.2 Å². The summed E-state index contributed by atoms with van der Waals surface area (Å²) in [6, 6.07) is 23.8. The van der Waals surface area contributed by atoms with Crippen LogP contribution < -0.4 is 4.74 Å². The van der Waals surface area contributed by atoms with E-state index >= 15 is 0 Å². The molecule has 0 fully saturated rings. The number of nitro groups is 1. The van der Waals surface area contributed by atoms with Crippen molar-refractivity contribution in [1.29, 1.82) is 0 Å². The summed E-state index contributed by atoms with van der Waals surface area (Å²) in [5.74, 6) is 0.483. The number of fused-ring (bicyclic) bond motifs is 1. The van der Waals surface area contributed by atoms with Gasteiger partial charge in [-0.1, -0.05) is 30.3 Å². The number of hydrogen-bond acceptors (Lipinski definition) is 6. The molecular weight excluding hydrogens is 686 g/mol. The summed E-state index contributed by atoms with van der Waals surface area (Å²) < 4.78 is 13.2. The molecular formula is C27H16I2N2O5. The second-order valence-corrected chi connectivity index (χ2v) is 10.2. The molecule has 0 unspecified atom stereocenters. The first-order chi connectivity index (χ1) is 17.4. The fourth-order valence-corrected chi connectivity index (χ4v) is 5.81. The summed E-state index contributed by atoms with van der Waals surface area (Å²) in [5, 5.41) is 13.0. The van der Waals surface area contributed by atoms with Crippen LogP contribution in [0.1, 0.15) is 16.7 Å². The van der Waals surface area contributed by atoms with Crippen LogP contribution in [0.4, 0.5) is 5.69 Å². The Labute approximate surface area is 233 Å². The van der Waals surface area contributed by atoms with Crippen molar-refractivity contribution in [3.05, 3.63) is 119 Å². The van der Waals surface area contributed by atoms with E-state index in [1.807, 2.05) is 54.6 Å². The highest BCUT2D eigenvalue weighted by Crippen LogP contribution is 2.31. The second-order valence-electron chi connectivity index (χ2n) is 7.92. The number of halogens is 2. The molecule has 1 heterocycles. The van der Waals surface area contributed by atoms with E-state index in [0.717, 1.165) is 34.6 Å². The molecule has 36 heavy (non-hydrogen) atoms. The molecule has 5 rings (SSSR count). The van der Waals surface area contributed by atoms with Crippen molar-refractivity contribution >= 4 is 79.6 Å². The van der Waals surface area contributed by atoms with Gasteiger partial charge >= 0.3 is 5.97 Å². The van der Waals surface area contributed by atoms with Gasteiger partial charge in [-0.25, -0.2) is 9.79 Å². The van der Waals surface area contributed by atoms with Crippen molar-refractivity contribution in [3.63, 3.8) is 0 Å². The lowest BCUT2D eigenvalue weighted by Gasteiger charge is -2.11. The number of hydrogen-bond donors (Lipinski definition) is 0. The van der Waals surface area contributed by atoms with Crippen molar-refractivity contribution in [3.8, 4) is 5.75 Å². The molecule has 0 N–H and O–H groups in total. The fraction of sp³-hybridized carbons (Fsp3) is 0.0370. The average Bonchev–Trinajstić information content (AvgIpc) is 3.23. The highest BCUT2D eigenvalue weighted by molar-refractivity contribution is 14.1. The van der Waals surface area contributed by atoms with Gasteiger partial charge in [-0.05, 0) is 110 Å². The van der Waals surface area contributed by atoms with E-state index in [1.165, 1.54) is 12.1 Å². The molecule has 0 radical (unpaired) electrons. The Kier molecular flexibility index (Phi) is 7.01. The van der Waals surface area contributed by atoms with Gasteiger partial charge in [0.15, 0.2) is 5.70 Å². The molecule has 1 aliphatic rings. The van der Waals surface area contributed by atoms with Crippen LogP contribution >= 0.6 is 45.2 Å². The van der Waals surface area contributed by atoms with Gasteiger partial charge in [0.2, 0.25) is 5.90 Å². The number of non-ortho nitro benzene ring substituents is 1. The third-order valence-corrected chi connectivity index (χ3v) is 7.07. The molecule has 1 aliphatic heterocycles. The van der Waals surface area contributed by atoms with Crippen LogP contribution in [0, 0.1) is 17.3 Å². The number of carbonyl (C=O) groups is 1. The Morgan fingerprint density at radius 2 is 1.64 bits per heavy atom. The largest absolute Gasteiger partial charge is 0.487 e. The number of nitro benzene ring substituents is 1. The molecule has 4 aromatic carbocycles. The molecule has 0 aliphatic carbocycles.